The SMILES string of the molecule is CC(C)(O)c1ccc(C(C)(C)O)cc1. The van der Waals surface area contributed by atoms with Crippen molar-refractivity contribution in [3.63, 3.8) is 0 Å². The van der Waals surface area contributed by atoms with Gasteiger partial charge in [-0.1, -0.05) is 24.3 Å². The van der Waals surface area contributed by atoms with Crippen molar-refractivity contribution in [2.45, 2.75) is 38.9 Å². The van der Waals surface area contributed by atoms with Crippen molar-refractivity contribution in [2.24, 2.45) is 0 Å². The van der Waals surface area contributed by atoms with E-state index in [0.717, 1.165) is 11.1 Å². The molecule has 2 N–H and O–H groups in total. The first-order valence-electron chi connectivity index (χ1n) is 4.77. The van der Waals surface area contributed by atoms with Crippen LogP contribution in [0.3, 0.4) is 0 Å². The van der Waals surface area contributed by atoms with Gasteiger partial charge in [-0.2, -0.15) is 0 Å². The molecule has 0 unspecified atom stereocenters. The summed E-state index contributed by atoms with van der Waals surface area (Å²) in [6.07, 6.45) is 0. The molecule has 1 aromatic carbocycles. The summed E-state index contributed by atoms with van der Waals surface area (Å²) in [4.78, 5) is 0. The van der Waals surface area contributed by atoms with Crippen LogP contribution in [0.25, 0.3) is 0 Å². The van der Waals surface area contributed by atoms with Crippen molar-refractivity contribution in [1.29, 1.82) is 0 Å². The molecule has 1 aromatic rings. The third-order valence-electron chi connectivity index (χ3n) is 2.30. The fraction of sp³-hybridized carbons (Fsp3) is 0.500. The average Bonchev–Trinajstić information content (AvgIpc) is 2.01. The fourth-order valence-electron chi connectivity index (χ4n) is 1.29. The van der Waals surface area contributed by atoms with Crippen molar-refractivity contribution in [1.82, 2.24) is 0 Å². The molecule has 1 rings (SSSR count). The average molecular weight is 194 g/mol. The molecule has 0 amide bonds. The minimum Gasteiger partial charge on any atom is -0.386 e. The zero-order valence-corrected chi connectivity index (χ0v) is 9.20. The standard InChI is InChI=1S/C12H18O2/c1-11(2,13)9-5-7-10(8-6-9)12(3,4)14/h5-8,13-14H,1-4H3. The highest BCUT2D eigenvalue weighted by Crippen LogP contribution is 2.24. The normalized spacial score (nSPS) is 13.0. The van der Waals surface area contributed by atoms with Crippen LogP contribution in [0, 0.1) is 0 Å². The molecule has 2 nitrogen and oxygen atoms in total. The van der Waals surface area contributed by atoms with E-state index >= 15 is 0 Å². The Hall–Kier alpha value is -0.860. The third-order valence-corrected chi connectivity index (χ3v) is 2.30. The molecular weight excluding hydrogens is 176 g/mol. The Morgan fingerprint density at radius 2 is 0.929 bits per heavy atom. The van der Waals surface area contributed by atoms with Crippen LogP contribution < -0.4 is 0 Å². The maximum absolute atomic E-state index is 9.72. The lowest BCUT2D eigenvalue weighted by molar-refractivity contribution is 0.0744. The van der Waals surface area contributed by atoms with E-state index in [4.69, 9.17) is 0 Å². The number of hydrogen-bond acceptors (Lipinski definition) is 2. The monoisotopic (exact) mass is 194 g/mol. The smallest absolute Gasteiger partial charge is 0.0840 e. The first-order chi connectivity index (χ1) is 6.21. The number of rotatable bonds is 2. The first kappa shape index (κ1) is 11.2. The van der Waals surface area contributed by atoms with Gasteiger partial charge in [0.05, 0.1) is 11.2 Å². The molecular formula is C12H18O2. The van der Waals surface area contributed by atoms with E-state index in [2.05, 4.69) is 0 Å². The Balaban J connectivity index is 3.02. The topological polar surface area (TPSA) is 40.5 Å². The summed E-state index contributed by atoms with van der Waals surface area (Å²) in [5, 5.41) is 19.4. The predicted octanol–water partition coefficient (Wildman–Crippen LogP) is 2.14. The Labute approximate surface area is 85.2 Å². The minimum atomic E-state index is -0.821. The summed E-state index contributed by atoms with van der Waals surface area (Å²) < 4.78 is 0. The van der Waals surface area contributed by atoms with Crippen molar-refractivity contribution < 1.29 is 10.2 Å². The lowest BCUT2D eigenvalue weighted by Gasteiger charge is -2.21. The van der Waals surface area contributed by atoms with Crippen LogP contribution in [0.5, 0.6) is 0 Å². The Morgan fingerprint density at radius 3 is 1.07 bits per heavy atom. The Bertz CT molecular complexity index is 266. The van der Waals surface area contributed by atoms with Crippen LogP contribution >= 0.6 is 0 Å². The predicted molar refractivity (Wildman–Crippen MR) is 56.9 cm³/mol. The van der Waals surface area contributed by atoms with E-state index < -0.39 is 11.2 Å². The molecule has 0 aromatic heterocycles. The van der Waals surface area contributed by atoms with Gasteiger partial charge in [-0.05, 0) is 38.8 Å². The molecule has 0 radical (unpaired) electrons. The maximum Gasteiger partial charge on any atom is 0.0840 e. The number of aliphatic hydroxyl groups is 2. The van der Waals surface area contributed by atoms with Gasteiger partial charge in [-0.25, -0.2) is 0 Å². The van der Waals surface area contributed by atoms with Gasteiger partial charge in [0.25, 0.3) is 0 Å². The molecule has 0 heterocycles. The Morgan fingerprint density at radius 1 is 0.714 bits per heavy atom. The second kappa shape index (κ2) is 3.37. The highest BCUT2D eigenvalue weighted by molar-refractivity contribution is 5.28. The highest BCUT2D eigenvalue weighted by atomic mass is 16.3. The van der Waals surface area contributed by atoms with Crippen molar-refractivity contribution >= 4 is 0 Å². The van der Waals surface area contributed by atoms with E-state index in [1.54, 1.807) is 27.7 Å². The van der Waals surface area contributed by atoms with Crippen LogP contribution in [0.2, 0.25) is 0 Å². The molecule has 0 atom stereocenters. The van der Waals surface area contributed by atoms with Crippen molar-refractivity contribution in [2.75, 3.05) is 0 Å². The molecule has 14 heavy (non-hydrogen) atoms. The van der Waals surface area contributed by atoms with Crippen molar-refractivity contribution in [3.05, 3.63) is 35.4 Å². The fourth-order valence-corrected chi connectivity index (χ4v) is 1.29. The van der Waals surface area contributed by atoms with Gasteiger partial charge in [0, 0.05) is 0 Å². The quantitative estimate of drug-likeness (QED) is 0.757. The van der Waals surface area contributed by atoms with E-state index in [-0.39, 0.29) is 0 Å². The van der Waals surface area contributed by atoms with Crippen LogP contribution in [-0.4, -0.2) is 10.2 Å². The van der Waals surface area contributed by atoms with E-state index in [9.17, 15) is 10.2 Å². The van der Waals surface area contributed by atoms with Gasteiger partial charge in [0.2, 0.25) is 0 Å². The Kier molecular flexibility index (Phi) is 2.70. The molecule has 0 fully saturated rings. The maximum atomic E-state index is 9.72. The van der Waals surface area contributed by atoms with Gasteiger partial charge >= 0.3 is 0 Å². The largest absolute Gasteiger partial charge is 0.386 e. The molecule has 2 heteroatoms. The summed E-state index contributed by atoms with van der Waals surface area (Å²) in [6.45, 7) is 6.97. The van der Waals surface area contributed by atoms with Crippen LogP contribution in [0.15, 0.2) is 24.3 Å². The zero-order chi connectivity index (χ0) is 11.0. The second-order valence-electron chi connectivity index (χ2n) is 4.70. The lowest BCUT2D eigenvalue weighted by atomic mass is 9.93. The number of hydrogen-bond donors (Lipinski definition) is 2. The molecule has 0 saturated heterocycles. The molecule has 0 bridgehead atoms. The van der Waals surface area contributed by atoms with Crippen LogP contribution in [0.1, 0.15) is 38.8 Å². The van der Waals surface area contributed by atoms with Crippen LogP contribution in [-0.2, 0) is 11.2 Å². The van der Waals surface area contributed by atoms with E-state index in [1.807, 2.05) is 24.3 Å². The van der Waals surface area contributed by atoms with E-state index in [1.165, 1.54) is 0 Å². The summed E-state index contributed by atoms with van der Waals surface area (Å²) in [5.74, 6) is 0. The molecule has 78 valence electrons. The van der Waals surface area contributed by atoms with Crippen molar-refractivity contribution in [3.8, 4) is 0 Å². The summed E-state index contributed by atoms with van der Waals surface area (Å²) in [5.41, 5.74) is 0.0620. The summed E-state index contributed by atoms with van der Waals surface area (Å²) >= 11 is 0. The van der Waals surface area contributed by atoms with Gasteiger partial charge < -0.3 is 10.2 Å². The van der Waals surface area contributed by atoms with Gasteiger partial charge in [-0.3, -0.25) is 0 Å². The molecule has 0 aliphatic carbocycles. The number of benzene rings is 1. The van der Waals surface area contributed by atoms with Crippen LogP contribution in [0.4, 0.5) is 0 Å². The zero-order valence-electron chi connectivity index (χ0n) is 9.20. The van der Waals surface area contributed by atoms with Gasteiger partial charge in [0.1, 0.15) is 0 Å². The lowest BCUT2D eigenvalue weighted by Crippen LogP contribution is -2.18. The highest BCUT2D eigenvalue weighted by Gasteiger charge is 2.19. The second-order valence-corrected chi connectivity index (χ2v) is 4.70. The molecule has 0 spiro atoms. The third kappa shape index (κ3) is 2.56. The molecule has 0 aliphatic rings. The minimum absolute atomic E-state index is 0.821. The summed E-state index contributed by atoms with van der Waals surface area (Å²) in [6, 6.07) is 7.36. The van der Waals surface area contributed by atoms with E-state index in [0.29, 0.717) is 0 Å². The van der Waals surface area contributed by atoms with Gasteiger partial charge in [-0.15, -0.1) is 0 Å². The van der Waals surface area contributed by atoms with Gasteiger partial charge in [0.15, 0.2) is 0 Å². The summed E-state index contributed by atoms with van der Waals surface area (Å²) in [7, 11) is 0. The first-order valence-corrected chi connectivity index (χ1v) is 4.77. The molecule has 0 saturated carbocycles. The molecule has 0 aliphatic heterocycles.